The molecule has 16 heavy (non-hydrogen) atoms. The summed E-state index contributed by atoms with van der Waals surface area (Å²) >= 11 is 0. The third-order valence-electron chi connectivity index (χ3n) is 2.79. The summed E-state index contributed by atoms with van der Waals surface area (Å²) in [6.07, 6.45) is 0.953. The van der Waals surface area contributed by atoms with Gasteiger partial charge in [-0.15, -0.1) is 0 Å². The largest absolute Gasteiger partial charge is 0.284 e. The Bertz CT molecular complexity index is 384. The van der Waals surface area contributed by atoms with E-state index in [1.165, 1.54) is 5.57 Å². The van der Waals surface area contributed by atoms with Gasteiger partial charge in [-0.2, -0.15) is 5.10 Å². The molecule has 0 saturated heterocycles. The highest BCUT2D eigenvalue weighted by atomic mass is 15.3. The van der Waals surface area contributed by atoms with E-state index in [1.54, 1.807) is 7.05 Å². The minimum absolute atomic E-state index is 0.424. The van der Waals surface area contributed by atoms with Gasteiger partial charge < -0.3 is 0 Å². The van der Waals surface area contributed by atoms with Crippen LogP contribution in [0.2, 0.25) is 0 Å². The molecule has 0 spiro atoms. The van der Waals surface area contributed by atoms with Crippen molar-refractivity contribution in [2.75, 3.05) is 7.05 Å². The molecule has 1 aliphatic heterocycles. The Balaban J connectivity index is 3.25. The first-order valence-corrected chi connectivity index (χ1v) is 5.73. The minimum atomic E-state index is 0.424. The summed E-state index contributed by atoms with van der Waals surface area (Å²) in [5, 5.41) is 4.23. The molecule has 3 heteroatoms. The van der Waals surface area contributed by atoms with Crippen LogP contribution in [0, 0.1) is 5.92 Å². The highest BCUT2D eigenvalue weighted by molar-refractivity contribution is 6.49. The number of nitrogens with zero attached hydrogens (tertiary/aromatic N) is 2. The lowest BCUT2D eigenvalue weighted by Gasteiger charge is -2.17. The molecule has 0 aromatic carbocycles. The number of hydrogen-bond donors (Lipinski definition) is 1. The Morgan fingerprint density at radius 3 is 2.56 bits per heavy atom. The van der Waals surface area contributed by atoms with Crippen molar-refractivity contribution in [2.24, 2.45) is 16.0 Å². The van der Waals surface area contributed by atoms with Gasteiger partial charge in [-0.25, -0.2) is 0 Å². The minimum Gasteiger partial charge on any atom is -0.284 e. The van der Waals surface area contributed by atoms with Crippen molar-refractivity contribution in [2.45, 2.75) is 34.1 Å². The lowest BCUT2D eigenvalue weighted by atomic mass is 9.91. The summed E-state index contributed by atoms with van der Waals surface area (Å²) in [5.74, 6) is 0.424. The van der Waals surface area contributed by atoms with Crippen LogP contribution in [-0.4, -0.2) is 18.5 Å². The fourth-order valence-electron chi connectivity index (χ4n) is 1.95. The average Bonchev–Trinajstić information content (AvgIpc) is 2.59. The zero-order valence-electron chi connectivity index (χ0n) is 10.9. The number of rotatable bonds is 3. The summed E-state index contributed by atoms with van der Waals surface area (Å²) in [6.45, 7) is 12.6. The molecule has 1 heterocycles. The van der Waals surface area contributed by atoms with E-state index < -0.39 is 0 Å². The molecule has 1 rings (SSSR count). The normalized spacial score (nSPS) is 21.1. The zero-order valence-corrected chi connectivity index (χ0v) is 10.9. The van der Waals surface area contributed by atoms with Crippen LogP contribution in [0.25, 0.3) is 0 Å². The molecule has 0 aliphatic carbocycles. The van der Waals surface area contributed by atoms with E-state index in [0.717, 1.165) is 29.1 Å². The van der Waals surface area contributed by atoms with Gasteiger partial charge in [-0.05, 0) is 30.4 Å². The molecule has 0 amide bonds. The lowest BCUT2D eigenvalue weighted by molar-refractivity contribution is 0.745. The molecular weight excluding hydrogens is 198 g/mol. The van der Waals surface area contributed by atoms with Gasteiger partial charge in [0.25, 0.3) is 0 Å². The van der Waals surface area contributed by atoms with E-state index in [-0.39, 0.29) is 0 Å². The molecular formula is C13H21N3. The van der Waals surface area contributed by atoms with Crippen molar-refractivity contribution in [1.82, 2.24) is 5.43 Å². The Kier molecular flexibility index (Phi) is 4.05. The maximum absolute atomic E-state index is 4.29. The first kappa shape index (κ1) is 12.7. The second kappa shape index (κ2) is 5.10. The smallest absolute Gasteiger partial charge is 0.105 e. The molecule has 0 unspecified atom stereocenters. The predicted octanol–water partition coefficient (Wildman–Crippen LogP) is 2.91. The SMILES string of the molecule is C=C(CC)/C(=C1/NN=C(C)C1=NC)C(C)C. The van der Waals surface area contributed by atoms with Crippen LogP contribution in [0.5, 0.6) is 0 Å². The van der Waals surface area contributed by atoms with Crippen LogP contribution >= 0.6 is 0 Å². The van der Waals surface area contributed by atoms with E-state index in [0.29, 0.717) is 5.92 Å². The molecule has 1 aliphatic rings. The number of hydrogen-bond acceptors (Lipinski definition) is 3. The quantitative estimate of drug-likeness (QED) is 0.778. The van der Waals surface area contributed by atoms with Crippen molar-refractivity contribution < 1.29 is 0 Å². The molecule has 0 saturated carbocycles. The zero-order chi connectivity index (χ0) is 12.3. The molecule has 0 aromatic rings. The Morgan fingerprint density at radius 2 is 2.12 bits per heavy atom. The molecule has 0 aromatic heterocycles. The standard InChI is InChI=1S/C13H21N3/c1-7-9(4)11(8(2)3)13-12(14-6)10(5)15-16-13/h8,16H,4,7H2,1-3,5-6H3/b13-11+,14-12?. The number of aliphatic imine (C=N–C) groups is 1. The van der Waals surface area contributed by atoms with E-state index in [1.807, 2.05) is 6.92 Å². The Hall–Kier alpha value is -1.38. The third kappa shape index (κ3) is 2.23. The highest BCUT2D eigenvalue weighted by Crippen LogP contribution is 2.26. The van der Waals surface area contributed by atoms with Gasteiger partial charge in [0.1, 0.15) is 5.71 Å². The molecule has 88 valence electrons. The summed E-state index contributed by atoms with van der Waals surface area (Å²) < 4.78 is 0. The molecule has 0 radical (unpaired) electrons. The van der Waals surface area contributed by atoms with Crippen molar-refractivity contribution in [1.29, 1.82) is 0 Å². The fourth-order valence-corrected chi connectivity index (χ4v) is 1.95. The number of hydrazone groups is 1. The Labute approximate surface area is 98.0 Å². The lowest BCUT2D eigenvalue weighted by Crippen LogP contribution is -2.17. The first-order chi connectivity index (χ1) is 7.52. The van der Waals surface area contributed by atoms with Crippen LogP contribution in [0.4, 0.5) is 0 Å². The molecule has 1 N–H and O–H groups in total. The van der Waals surface area contributed by atoms with Crippen LogP contribution in [0.3, 0.4) is 0 Å². The van der Waals surface area contributed by atoms with Gasteiger partial charge in [-0.1, -0.05) is 27.4 Å². The summed E-state index contributed by atoms with van der Waals surface area (Å²) in [7, 11) is 1.80. The topological polar surface area (TPSA) is 36.8 Å². The number of nitrogens with one attached hydrogen (secondary N) is 1. The highest BCUT2D eigenvalue weighted by Gasteiger charge is 2.23. The molecule has 0 atom stereocenters. The number of allylic oxidation sites excluding steroid dienone is 3. The Morgan fingerprint density at radius 1 is 1.50 bits per heavy atom. The monoisotopic (exact) mass is 219 g/mol. The van der Waals surface area contributed by atoms with E-state index in [4.69, 9.17) is 0 Å². The molecule has 0 bridgehead atoms. The van der Waals surface area contributed by atoms with Crippen LogP contribution < -0.4 is 5.43 Å². The predicted molar refractivity (Wildman–Crippen MR) is 70.9 cm³/mol. The van der Waals surface area contributed by atoms with Gasteiger partial charge in [0.2, 0.25) is 0 Å². The van der Waals surface area contributed by atoms with Crippen LogP contribution in [0.1, 0.15) is 34.1 Å². The van der Waals surface area contributed by atoms with Crippen molar-refractivity contribution in [3.05, 3.63) is 23.4 Å². The summed E-state index contributed by atoms with van der Waals surface area (Å²) in [5.41, 5.74) is 8.41. The van der Waals surface area contributed by atoms with Gasteiger partial charge in [-0.3, -0.25) is 10.4 Å². The summed E-state index contributed by atoms with van der Waals surface area (Å²) in [4.78, 5) is 4.29. The second-order valence-electron chi connectivity index (χ2n) is 4.28. The average molecular weight is 219 g/mol. The third-order valence-corrected chi connectivity index (χ3v) is 2.79. The van der Waals surface area contributed by atoms with Gasteiger partial charge in [0.15, 0.2) is 0 Å². The van der Waals surface area contributed by atoms with Gasteiger partial charge >= 0.3 is 0 Å². The van der Waals surface area contributed by atoms with Crippen molar-refractivity contribution in [3.8, 4) is 0 Å². The van der Waals surface area contributed by atoms with Crippen molar-refractivity contribution in [3.63, 3.8) is 0 Å². The molecule has 3 nitrogen and oxygen atoms in total. The van der Waals surface area contributed by atoms with Crippen LogP contribution in [-0.2, 0) is 0 Å². The van der Waals surface area contributed by atoms with Gasteiger partial charge in [0.05, 0.1) is 11.4 Å². The molecule has 0 fully saturated rings. The maximum Gasteiger partial charge on any atom is 0.105 e. The van der Waals surface area contributed by atoms with Gasteiger partial charge in [0, 0.05) is 7.05 Å². The van der Waals surface area contributed by atoms with Crippen LogP contribution in [0.15, 0.2) is 33.5 Å². The second-order valence-corrected chi connectivity index (χ2v) is 4.28. The maximum atomic E-state index is 4.29. The fraction of sp³-hybridized carbons (Fsp3) is 0.538. The van der Waals surface area contributed by atoms with E-state index >= 15 is 0 Å². The first-order valence-electron chi connectivity index (χ1n) is 5.73. The van der Waals surface area contributed by atoms with E-state index in [9.17, 15) is 0 Å². The van der Waals surface area contributed by atoms with E-state index in [2.05, 4.69) is 42.9 Å². The van der Waals surface area contributed by atoms with Crippen molar-refractivity contribution >= 4 is 11.4 Å². The summed E-state index contributed by atoms with van der Waals surface area (Å²) in [6, 6.07) is 0.